The van der Waals surface area contributed by atoms with Crippen molar-refractivity contribution in [3.05, 3.63) is 41.8 Å². The van der Waals surface area contributed by atoms with Crippen LogP contribution in [0.15, 0.2) is 34.9 Å². The lowest BCUT2D eigenvalue weighted by molar-refractivity contribution is -0.134. The van der Waals surface area contributed by atoms with Gasteiger partial charge in [0.05, 0.1) is 6.42 Å². The number of hydrogen-bond acceptors (Lipinski definition) is 5. The number of esters is 1. The predicted molar refractivity (Wildman–Crippen MR) is 54.8 cm³/mol. The standard InChI is InChI=1S/C11H10N2O3/c1-8-12-11(13-16-8)15-10(14)7-9-5-3-2-4-6-9/h2-6H,7H2,1H3. The number of nitrogens with zero attached hydrogens (tertiary/aromatic N) is 2. The molecule has 16 heavy (non-hydrogen) atoms. The number of rotatable bonds is 3. The van der Waals surface area contributed by atoms with Crippen molar-refractivity contribution in [1.82, 2.24) is 10.1 Å². The molecule has 0 bridgehead atoms. The van der Waals surface area contributed by atoms with Gasteiger partial charge in [0.2, 0.25) is 5.89 Å². The Bertz CT molecular complexity index is 479. The zero-order valence-electron chi connectivity index (χ0n) is 8.71. The molecule has 2 rings (SSSR count). The average Bonchev–Trinajstić information content (AvgIpc) is 2.65. The molecule has 0 saturated heterocycles. The van der Waals surface area contributed by atoms with E-state index in [-0.39, 0.29) is 12.4 Å². The highest BCUT2D eigenvalue weighted by Gasteiger charge is 2.10. The molecule has 0 unspecified atom stereocenters. The average molecular weight is 218 g/mol. The van der Waals surface area contributed by atoms with E-state index in [4.69, 9.17) is 4.74 Å². The van der Waals surface area contributed by atoms with Gasteiger partial charge in [0, 0.05) is 6.92 Å². The Morgan fingerprint density at radius 2 is 2.12 bits per heavy atom. The largest absolute Gasteiger partial charge is 0.389 e. The number of benzene rings is 1. The number of carbonyl (C=O) groups excluding carboxylic acids is 1. The zero-order chi connectivity index (χ0) is 11.4. The van der Waals surface area contributed by atoms with E-state index in [0.29, 0.717) is 5.89 Å². The molecule has 5 heteroatoms. The highest BCUT2D eigenvalue weighted by Crippen LogP contribution is 2.06. The Morgan fingerprint density at radius 3 is 2.75 bits per heavy atom. The van der Waals surface area contributed by atoms with Crippen LogP contribution >= 0.6 is 0 Å². The molecule has 82 valence electrons. The summed E-state index contributed by atoms with van der Waals surface area (Å²) in [5, 5.41) is 3.47. The SMILES string of the molecule is Cc1nc(OC(=O)Cc2ccccc2)no1. The van der Waals surface area contributed by atoms with Gasteiger partial charge in [0.15, 0.2) is 0 Å². The summed E-state index contributed by atoms with van der Waals surface area (Å²) in [4.78, 5) is 15.2. The molecule has 0 fully saturated rings. The van der Waals surface area contributed by atoms with Gasteiger partial charge in [-0.05, 0) is 10.7 Å². The van der Waals surface area contributed by atoms with E-state index in [1.807, 2.05) is 30.3 Å². The van der Waals surface area contributed by atoms with Gasteiger partial charge in [0.1, 0.15) is 0 Å². The van der Waals surface area contributed by atoms with E-state index in [1.165, 1.54) is 0 Å². The second kappa shape index (κ2) is 4.57. The first-order valence-corrected chi connectivity index (χ1v) is 4.79. The number of ether oxygens (including phenoxy) is 1. The van der Waals surface area contributed by atoms with Crippen molar-refractivity contribution in [3.8, 4) is 6.01 Å². The predicted octanol–water partition coefficient (Wildman–Crippen LogP) is 1.53. The van der Waals surface area contributed by atoms with Crippen LogP contribution in [0.25, 0.3) is 0 Å². The molecule has 5 nitrogen and oxygen atoms in total. The molecule has 1 aromatic heterocycles. The van der Waals surface area contributed by atoms with Crippen molar-refractivity contribution in [2.45, 2.75) is 13.3 Å². The molecule has 0 aliphatic heterocycles. The summed E-state index contributed by atoms with van der Waals surface area (Å²) >= 11 is 0. The number of carbonyl (C=O) groups is 1. The summed E-state index contributed by atoms with van der Waals surface area (Å²) < 4.78 is 9.56. The third kappa shape index (κ3) is 2.66. The van der Waals surface area contributed by atoms with Crippen LogP contribution in [0.3, 0.4) is 0 Å². The molecule has 1 aromatic carbocycles. The molecule has 0 aliphatic carbocycles. The lowest BCUT2D eigenvalue weighted by Crippen LogP contribution is -2.11. The smallest absolute Gasteiger partial charge is 0.362 e. The number of aryl methyl sites for hydroxylation is 1. The summed E-state index contributed by atoms with van der Waals surface area (Å²) in [5.74, 6) is -0.0467. The van der Waals surface area contributed by atoms with Crippen molar-refractivity contribution >= 4 is 5.97 Å². The molecular formula is C11H10N2O3. The highest BCUT2D eigenvalue weighted by atomic mass is 16.6. The minimum atomic E-state index is -0.410. The van der Waals surface area contributed by atoms with Crippen LogP contribution in [0.1, 0.15) is 11.5 Å². The molecule has 0 saturated carbocycles. The van der Waals surface area contributed by atoms with E-state index in [1.54, 1.807) is 6.92 Å². The summed E-state index contributed by atoms with van der Waals surface area (Å²) in [5.41, 5.74) is 0.882. The topological polar surface area (TPSA) is 65.2 Å². The molecular weight excluding hydrogens is 208 g/mol. The van der Waals surface area contributed by atoms with Crippen LogP contribution in [0.2, 0.25) is 0 Å². The maximum absolute atomic E-state index is 11.4. The lowest BCUT2D eigenvalue weighted by Gasteiger charge is -1.99. The number of aromatic nitrogens is 2. The zero-order valence-corrected chi connectivity index (χ0v) is 8.71. The van der Waals surface area contributed by atoms with Crippen LogP contribution < -0.4 is 4.74 Å². The van der Waals surface area contributed by atoms with Gasteiger partial charge >= 0.3 is 12.0 Å². The van der Waals surface area contributed by atoms with Gasteiger partial charge in [-0.2, -0.15) is 4.98 Å². The monoisotopic (exact) mass is 218 g/mol. The Morgan fingerprint density at radius 1 is 1.38 bits per heavy atom. The van der Waals surface area contributed by atoms with Gasteiger partial charge in [-0.3, -0.25) is 4.79 Å². The maximum Gasteiger partial charge on any atom is 0.362 e. The normalized spacial score (nSPS) is 10.1. The van der Waals surface area contributed by atoms with Crippen molar-refractivity contribution in [1.29, 1.82) is 0 Å². The van der Waals surface area contributed by atoms with Crippen LogP contribution in [-0.4, -0.2) is 16.1 Å². The first-order valence-electron chi connectivity index (χ1n) is 4.79. The fraction of sp³-hybridized carbons (Fsp3) is 0.182. The Balaban J connectivity index is 1.95. The van der Waals surface area contributed by atoms with Crippen LogP contribution in [0.4, 0.5) is 0 Å². The van der Waals surface area contributed by atoms with Crippen LogP contribution in [0, 0.1) is 6.92 Å². The van der Waals surface area contributed by atoms with Crippen molar-refractivity contribution in [2.75, 3.05) is 0 Å². The first-order chi connectivity index (χ1) is 7.74. The molecule has 0 aliphatic rings. The van der Waals surface area contributed by atoms with Gasteiger partial charge in [-0.15, -0.1) is 0 Å². The summed E-state index contributed by atoms with van der Waals surface area (Å²) in [6, 6.07) is 9.27. The minimum absolute atomic E-state index is 0.0431. The van der Waals surface area contributed by atoms with Gasteiger partial charge in [-0.25, -0.2) is 0 Å². The quantitative estimate of drug-likeness (QED) is 0.731. The molecule has 0 radical (unpaired) electrons. The fourth-order valence-corrected chi connectivity index (χ4v) is 1.22. The third-order valence-electron chi connectivity index (χ3n) is 1.91. The molecule has 0 atom stereocenters. The summed E-state index contributed by atoms with van der Waals surface area (Å²) in [6.45, 7) is 1.63. The minimum Gasteiger partial charge on any atom is -0.389 e. The molecule has 2 aromatic rings. The van der Waals surface area contributed by atoms with E-state index in [0.717, 1.165) is 5.56 Å². The lowest BCUT2D eigenvalue weighted by atomic mass is 10.2. The Hall–Kier alpha value is -2.17. The van der Waals surface area contributed by atoms with E-state index in [9.17, 15) is 4.79 Å². The number of hydrogen-bond donors (Lipinski definition) is 0. The van der Waals surface area contributed by atoms with Crippen molar-refractivity contribution < 1.29 is 14.1 Å². The summed E-state index contributed by atoms with van der Waals surface area (Å²) in [7, 11) is 0. The highest BCUT2D eigenvalue weighted by molar-refractivity contribution is 5.74. The van der Waals surface area contributed by atoms with Gasteiger partial charge in [-0.1, -0.05) is 30.3 Å². The van der Waals surface area contributed by atoms with E-state index >= 15 is 0 Å². The maximum atomic E-state index is 11.4. The van der Waals surface area contributed by atoms with Crippen molar-refractivity contribution in [3.63, 3.8) is 0 Å². The van der Waals surface area contributed by atoms with Crippen LogP contribution in [-0.2, 0) is 11.2 Å². The molecule has 0 N–H and O–H groups in total. The van der Waals surface area contributed by atoms with E-state index < -0.39 is 5.97 Å². The van der Waals surface area contributed by atoms with Crippen LogP contribution in [0.5, 0.6) is 6.01 Å². The van der Waals surface area contributed by atoms with Gasteiger partial charge < -0.3 is 9.26 Å². The Labute approximate surface area is 92.0 Å². The molecule has 0 spiro atoms. The molecule has 0 amide bonds. The Kier molecular flexibility index (Phi) is 2.95. The van der Waals surface area contributed by atoms with E-state index in [2.05, 4.69) is 14.7 Å². The molecule has 1 heterocycles. The summed E-state index contributed by atoms with van der Waals surface area (Å²) in [6.07, 6.45) is 0.189. The third-order valence-corrected chi connectivity index (χ3v) is 1.91. The second-order valence-electron chi connectivity index (χ2n) is 3.23. The second-order valence-corrected chi connectivity index (χ2v) is 3.23. The van der Waals surface area contributed by atoms with Crippen molar-refractivity contribution in [2.24, 2.45) is 0 Å². The fourth-order valence-electron chi connectivity index (χ4n) is 1.22. The first kappa shape index (κ1) is 10.4. The van der Waals surface area contributed by atoms with Gasteiger partial charge in [0.25, 0.3) is 0 Å².